The van der Waals surface area contributed by atoms with Crippen LogP contribution < -0.4 is 9.62 Å². The summed E-state index contributed by atoms with van der Waals surface area (Å²) in [5, 5.41) is 2.90. The van der Waals surface area contributed by atoms with Crippen LogP contribution >= 0.6 is 0 Å². The normalized spacial score (nSPS) is 12.5. The summed E-state index contributed by atoms with van der Waals surface area (Å²) >= 11 is 0. The zero-order valence-electron chi connectivity index (χ0n) is 22.3. The van der Waals surface area contributed by atoms with Gasteiger partial charge in [0.1, 0.15) is 18.4 Å². The minimum atomic E-state index is -4.24. The lowest BCUT2D eigenvalue weighted by molar-refractivity contribution is -0.140. The molecular weight excluding hydrogens is 505 g/mol. The Labute approximate surface area is 224 Å². The lowest BCUT2D eigenvalue weighted by Gasteiger charge is -2.33. The Morgan fingerprint density at radius 2 is 1.50 bits per heavy atom. The molecule has 202 valence electrons. The van der Waals surface area contributed by atoms with Crippen molar-refractivity contribution < 1.29 is 22.4 Å². The number of hydrogen-bond acceptors (Lipinski definition) is 4. The van der Waals surface area contributed by atoms with E-state index in [4.69, 9.17) is 0 Å². The SMILES string of the molecule is Cc1ccccc1CN(C(=O)CN(c1ccccc1)S(=O)(=O)c1ccc(F)cc1)[C@H](C)C(=O)NC(C)(C)C. The molecule has 38 heavy (non-hydrogen) atoms. The first kappa shape index (κ1) is 28.8. The van der Waals surface area contributed by atoms with Crippen molar-refractivity contribution in [3.63, 3.8) is 0 Å². The lowest BCUT2D eigenvalue weighted by atomic mass is 10.1. The minimum absolute atomic E-state index is 0.115. The Morgan fingerprint density at radius 1 is 0.921 bits per heavy atom. The second-order valence-electron chi connectivity index (χ2n) is 10.2. The molecule has 0 spiro atoms. The summed E-state index contributed by atoms with van der Waals surface area (Å²) in [5.41, 5.74) is 1.52. The molecule has 0 saturated carbocycles. The van der Waals surface area contributed by atoms with Crippen LogP contribution in [0.5, 0.6) is 0 Å². The molecule has 0 unspecified atom stereocenters. The number of hydrogen-bond donors (Lipinski definition) is 1. The molecule has 0 fully saturated rings. The van der Waals surface area contributed by atoms with Gasteiger partial charge in [0.2, 0.25) is 11.8 Å². The van der Waals surface area contributed by atoms with Crippen molar-refractivity contribution in [1.29, 1.82) is 0 Å². The van der Waals surface area contributed by atoms with Gasteiger partial charge in [-0.25, -0.2) is 12.8 Å². The predicted molar refractivity (Wildman–Crippen MR) is 146 cm³/mol. The minimum Gasteiger partial charge on any atom is -0.350 e. The number of anilines is 1. The number of amides is 2. The van der Waals surface area contributed by atoms with Crippen LogP contribution in [0.15, 0.2) is 83.8 Å². The van der Waals surface area contributed by atoms with Crippen LogP contribution in [0, 0.1) is 12.7 Å². The smallest absolute Gasteiger partial charge is 0.264 e. The highest BCUT2D eigenvalue weighted by atomic mass is 32.2. The van der Waals surface area contributed by atoms with E-state index in [0.29, 0.717) is 0 Å². The van der Waals surface area contributed by atoms with E-state index < -0.39 is 39.9 Å². The first-order valence-electron chi connectivity index (χ1n) is 12.3. The van der Waals surface area contributed by atoms with E-state index in [1.165, 1.54) is 4.90 Å². The molecule has 0 radical (unpaired) electrons. The molecular formula is C29H34FN3O4S. The van der Waals surface area contributed by atoms with Crippen LogP contribution in [0.2, 0.25) is 0 Å². The van der Waals surface area contributed by atoms with Gasteiger partial charge in [-0.2, -0.15) is 0 Å². The summed E-state index contributed by atoms with van der Waals surface area (Å²) in [7, 11) is -4.24. The van der Waals surface area contributed by atoms with Crippen molar-refractivity contribution in [2.24, 2.45) is 0 Å². The van der Waals surface area contributed by atoms with Gasteiger partial charge in [0.05, 0.1) is 10.6 Å². The summed E-state index contributed by atoms with van der Waals surface area (Å²) in [6.07, 6.45) is 0. The molecule has 0 aliphatic rings. The third-order valence-corrected chi connectivity index (χ3v) is 7.78. The van der Waals surface area contributed by atoms with E-state index in [-0.39, 0.29) is 23.0 Å². The fraction of sp³-hybridized carbons (Fsp3) is 0.310. The fourth-order valence-electron chi connectivity index (χ4n) is 3.88. The number of carbonyl (C=O) groups is 2. The number of nitrogens with one attached hydrogen (secondary N) is 1. The van der Waals surface area contributed by atoms with Crippen LogP contribution in [-0.2, 0) is 26.2 Å². The van der Waals surface area contributed by atoms with Gasteiger partial charge in [0, 0.05) is 12.1 Å². The maximum absolute atomic E-state index is 13.9. The molecule has 0 aliphatic carbocycles. The van der Waals surface area contributed by atoms with Crippen LogP contribution in [0.25, 0.3) is 0 Å². The molecule has 3 rings (SSSR count). The van der Waals surface area contributed by atoms with Crippen molar-refractivity contribution in [3.8, 4) is 0 Å². The summed E-state index contributed by atoms with van der Waals surface area (Å²) in [4.78, 5) is 28.2. The van der Waals surface area contributed by atoms with Gasteiger partial charge < -0.3 is 10.2 Å². The van der Waals surface area contributed by atoms with Gasteiger partial charge in [0.25, 0.3) is 10.0 Å². The largest absolute Gasteiger partial charge is 0.350 e. The van der Waals surface area contributed by atoms with Crippen molar-refractivity contribution in [2.75, 3.05) is 10.8 Å². The number of carbonyl (C=O) groups excluding carboxylic acids is 2. The van der Waals surface area contributed by atoms with Gasteiger partial charge in [-0.15, -0.1) is 0 Å². The van der Waals surface area contributed by atoms with E-state index in [1.807, 2.05) is 52.0 Å². The second kappa shape index (κ2) is 11.8. The molecule has 7 nitrogen and oxygen atoms in total. The molecule has 3 aromatic carbocycles. The Morgan fingerprint density at radius 3 is 2.08 bits per heavy atom. The van der Waals surface area contributed by atoms with Crippen molar-refractivity contribution >= 4 is 27.5 Å². The van der Waals surface area contributed by atoms with E-state index in [9.17, 15) is 22.4 Å². The zero-order valence-corrected chi connectivity index (χ0v) is 23.1. The molecule has 0 aromatic heterocycles. The topological polar surface area (TPSA) is 86.8 Å². The molecule has 3 aromatic rings. The Kier molecular flexibility index (Phi) is 8.93. The molecule has 0 bridgehead atoms. The third-order valence-electron chi connectivity index (χ3n) is 5.99. The fourth-order valence-corrected chi connectivity index (χ4v) is 5.30. The molecule has 0 saturated heterocycles. The second-order valence-corrected chi connectivity index (χ2v) is 12.0. The standard InChI is InChI=1S/C29H34FN3O4S/c1-21-11-9-10-12-23(21)19-32(22(2)28(35)31-29(3,4)5)27(34)20-33(25-13-7-6-8-14-25)38(36,37)26-17-15-24(30)16-18-26/h6-18,22H,19-20H2,1-5H3,(H,31,35)/t22-/m1/s1. The highest BCUT2D eigenvalue weighted by Gasteiger charge is 2.33. The van der Waals surface area contributed by atoms with Crippen LogP contribution in [0.3, 0.4) is 0 Å². The summed E-state index contributed by atoms with van der Waals surface area (Å²) < 4.78 is 41.8. The van der Waals surface area contributed by atoms with Gasteiger partial charge in [-0.1, -0.05) is 42.5 Å². The lowest BCUT2D eigenvalue weighted by Crippen LogP contribution is -2.54. The number of aryl methyl sites for hydroxylation is 1. The van der Waals surface area contributed by atoms with Crippen molar-refractivity contribution in [3.05, 3.63) is 95.8 Å². The van der Waals surface area contributed by atoms with Crippen LogP contribution in [0.4, 0.5) is 10.1 Å². The third kappa shape index (κ3) is 7.19. The quantitative estimate of drug-likeness (QED) is 0.429. The van der Waals surface area contributed by atoms with E-state index in [1.54, 1.807) is 37.3 Å². The average Bonchev–Trinajstić information content (AvgIpc) is 2.86. The molecule has 1 atom stereocenters. The Hall–Kier alpha value is -3.72. The van der Waals surface area contributed by atoms with E-state index >= 15 is 0 Å². The zero-order chi connectivity index (χ0) is 28.1. The first-order valence-corrected chi connectivity index (χ1v) is 13.7. The highest BCUT2D eigenvalue weighted by molar-refractivity contribution is 7.92. The summed E-state index contributed by atoms with van der Waals surface area (Å²) in [5.74, 6) is -1.49. The number of rotatable bonds is 9. The number of sulfonamides is 1. The maximum Gasteiger partial charge on any atom is 0.264 e. The predicted octanol–water partition coefficient (Wildman–Crippen LogP) is 4.66. The number of nitrogens with zero attached hydrogens (tertiary/aromatic N) is 2. The van der Waals surface area contributed by atoms with Gasteiger partial charge in [-0.3, -0.25) is 13.9 Å². The summed E-state index contributed by atoms with van der Waals surface area (Å²) in [6.45, 7) is 8.63. The van der Waals surface area contributed by atoms with Gasteiger partial charge in [-0.05, 0) is 82.1 Å². The molecule has 9 heteroatoms. The highest BCUT2D eigenvalue weighted by Crippen LogP contribution is 2.25. The van der Waals surface area contributed by atoms with Crippen molar-refractivity contribution in [1.82, 2.24) is 10.2 Å². The monoisotopic (exact) mass is 539 g/mol. The van der Waals surface area contributed by atoms with E-state index in [0.717, 1.165) is 39.7 Å². The van der Waals surface area contributed by atoms with E-state index in [2.05, 4.69) is 5.32 Å². The van der Waals surface area contributed by atoms with Crippen LogP contribution in [0.1, 0.15) is 38.8 Å². The number of benzene rings is 3. The average molecular weight is 540 g/mol. The van der Waals surface area contributed by atoms with Crippen molar-refractivity contribution in [2.45, 2.75) is 57.6 Å². The Balaban J connectivity index is 2.02. The van der Waals surface area contributed by atoms with Crippen LogP contribution in [-0.4, -0.2) is 43.3 Å². The molecule has 2 amide bonds. The first-order chi connectivity index (χ1) is 17.8. The molecule has 1 N–H and O–H groups in total. The number of para-hydroxylation sites is 1. The maximum atomic E-state index is 13.9. The summed E-state index contributed by atoms with van der Waals surface area (Å²) in [6, 6.07) is 19.3. The van der Waals surface area contributed by atoms with Gasteiger partial charge in [0.15, 0.2) is 0 Å². The molecule has 0 aliphatic heterocycles. The Bertz CT molecular complexity index is 1370. The number of halogens is 1. The van der Waals surface area contributed by atoms with Gasteiger partial charge >= 0.3 is 0 Å². The molecule has 0 heterocycles.